The van der Waals surface area contributed by atoms with E-state index in [1.165, 1.54) is 6.07 Å². The molecule has 0 bridgehead atoms. The first kappa shape index (κ1) is 15.1. The number of sulfonamides is 1. The van der Waals surface area contributed by atoms with Gasteiger partial charge in [-0.3, -0.25) is 0 Å². The molecule has 0 saturated heterocycles. The van der Waals surface area contributed by atoms with Gasteiger partial charge in [-0.05, 0) is 18.2 Å². The van der Waals surface area contributed by atoms with Gasteiger partial charge in [0, 0.05) is 17.0 Å². The van der Waals surface area contributed by atoms with Crippen LogP contribution in [0.4, 0.5) is 11.5 Å². The number of phenols is 1. The Labute approximate surface area is 132 Å². The summed E-state index contributed by atoms with van der Waals surface area (Å²) in [6, 6.07) is 12.8. The zero-order valence-corrected chi connectivity index (χ0v) is 12.6. The minimum atomic E-state index is -3.98. The Bertz CT molecular complexity index is 1000. The molecule has 7 nitrogen and oxygen atoms in total. The van der Waals surface area contributed by atoms with E-state index in [0.717, 1.165) is 0 Å². The quantitative estimate of drug-likeness (QED) is 0.718. The van der Waals surface area contributed by atoms with E-state index in [9.17, 15) is 13.5 Å². The predicted octanol–water partition coefficient (Wildman–Crippen LogP) is 3.00. The van der Waals surface area contributed by atoms with Gasteiger partial charge < -0.3 is 5.11 Å². The van der Waals surface area contributed by atoms with Crippen LogP contribution in [0.5, 0.6) is 5.75 Å². The van der Waals surface area contributed by atoms with Crippen molar-refractivity contribution < 1.29 is 13.5 Å². The van der Waals surface area contributed by atoms with Gasteiger partial charge in [0.05, 0.1) is 4.90 Å². The third-order valence-corrected chi connectivity index (χ3v) is 4.12. The molecule has 23 heavy (non-hydrogen) atoms. The Morgan fingerprint density at radius 3 is 2.35 bits per heavy atom. The zero-order valence-electron chi connectivity index (χ0n) is 11.8. The van der Waals surface area contributed by atoms with E-state index in [1.807, 2.05) is 0 Å². The highest BCUT2D eigenvalue weighted by molar-refractivity contribution is 7.89. The number of nitrogens with two attached hydrogens (primary N) is 1. The summed E-state index contributed by atoms with van der Waals surface area (Å²) in [6.45, 7) is 0. The third kappa shape index (κ3) is 3.03. The van der Waals surface area contributed by atoms with E-state index in [1.54, 1.807) is 48.7 Å². The summed E-state index contributed by atoms with van der Waals surface area (Å²) in [4.78, 5) is 3.85. The first-order valence-electron chi connectivity index (χ1n) is 6.57. The Morgan fingerprint density at radius 1 is 1.00 bits per heavy atom. The van der Waals surface area contributed by atoms with Crippen LogP contribution in [0.2, 0.25) is 0 Å². The molecule has 0 fully saturated rings. The number of rotatable bonds is 3. The fourth-order valence-electron chi connectivity index (χ4n) is 2.14. The van der Waals surface area contributed by atoms with Crippen molar-refractivity contribution in [1.82, 2.24) is 4.98 Å². The van der Waals surface area contributed by atoms with Crippen molar-refractivity contribution in [2.45, 2.75) is 4.90 Å². The number of benzene rings is 2. The Kier molecular flexibility index (Phi) is 3.77. The number of hydrogen-bond donors (Lipinski definition) is 2. The lowest BCUT2D eigenvalue weighted by atomic mass is 10.1. The van der Waals surface area contributed by atoms with E-state index < -0.39 is 10.0 Å². The van der Waals surface area contributed by atoms with Crippen LogP contribution >= 0.6 is 0 Å². The molecule has 3 aromatic rings. The highest BCUT2D eigenvalue weighted by Gasteiger charge is 2.18. The van der Waals surface area contributed by atoms with Gasteiger partial charge in [-0.25, -0.2) is 18.5 Å². The molecule has 3 N–H and O–H groups in total. The van der Waals surface area contributed by atoms with E-state index in [0.29, 0.717) is 16.6 Å². The molecule has 0 radical (unpaired) electrons. The normalized spacial score (nSPS) is 12.0. The number of aromatic nitrogens is 1. The number of phenolic OH excluding ortho intramolecular Hbond substituents is 1. The van der Waals surface area contributed by atoms with Gasteiger partial charge in [0.2, 0.25) is 10.0 Å². The minimum absolute atomic E-state index is 0.00150. The molecule has 0 aliphatic carbocycles. The molecule has 1 aromatic heterocycles. The molecule has 0 aliphatic heterocycles. The van der Waals surface area contributed by atoms with Crippen molar-refractivity contribution >= 4 is 32.3 Å². The number of pyridine rings is 1. The number of fused-ring (bicyclic) bond motifs is 1. The van der Waals surface area contributed by atoms with Crippen LogP contribution in [-0.4, -0.2) is 18.5 Å². The maximum Gasteiger partial charge on any atom is 0.238 e. The fourth-order valence-corrected chi connectivity index (χ4v) is 2.90. The molecular formula is C15H12N4O3S. The minimum Gasteiger partial charge on any atom is -0.505 e. The SMILES string of the molecule is NS(=O)(=O)c1cc(N=Nc2ccccn2)c(O)c2ccccc12. The van der Waals surface area contributed by atoms with E-state index in [-0.39, 0.29) is 16.3 Å². The average Bonchev–Trinajstić information content (AvgIpc) is 2.54. The van der Waals surface area contributed by atoms with Gasteiger partial charge in [-0.2, -0.15) is 0 Å². The summed E-state index contributed by atoms with van der Waals surface area (Å²) in [5.74, 6) is 0.157. The highest BCUT2D eigenvalue weighted by Crippen LogP contribution is 2.39. The van der Waals surface area contributed by atoms with Crippen LogP contribution in [0.3, 0.4) is 0 Å². The standard InChI is InChI=1S/C15H12N4O3S/c16-23(21,22)13-9-12(18-19-14-7-3-4-8-17-14)15(20)11-6-2-1-5-10(11)13/h1-9,20H,(H2,16,21,22). The molecule has 0 spiro atoms. The molecule has 0 saturated carbocycles. The van der Waals surface area contributed by atoms with Crippen molar-refractivity contribution in [3.8, 4) is 5.75 Å². The first-order chi connectivity index (χ1) is 11.0. The fraction of sp³-hybridized carbons (Fsp3) is 0. The van der Waals surface area contributed by atoms with Gasteiger partial charge in [0.25, 0.3) is 0 Å². The molecule has 8 heteroatoms. The number of hydrogen-bond acceptors (Lipinski definition) is 6. The second kappa shape index (κ2) is 5.75. The van der Waals surface area contributed by atoms with Crippen molar-refractivity contribution in [1.29, 1.82) is 0 Å². The highest BCUT2D eigenvalue weighted by atomic mass is 32.2. The first-order valence-corrected chi connectivity index (χ1v) is 8.12. The third-order valence-electron chi connectivity index (χ3n) is 3.17. The van der Waals surface area contributed by atoms with Crippen LogP contribution in [0.25, 0.3) is 10.8 Å². The van der Waals surface area contributed by atoms with Crippen LogP contribution in [0.15, 0.2) is 69.9 Å². The Balaban J connectivity index is 2.22. The van der Waals surface area contributed by atoms with Crippen molar-refractivity contribution in [3.63, 3.8) is 0 Å². The summed E-state index contributed by atoms with van der Waals surface area (Å²) >= 11 is 0. The molecule has 0 unspecified atom stereocenters. The molecular weight excluding hydrogens is 316 g/mol. The predicted molar refractivity (Wildman–Crippen MR) is 85.4 cm³/mol. The molecule has 2 aromatic carbocycles. The monoisotopic (exact) mass is 328 g/mol. The Morgan fingerprint density at radius 2 is 1.70 bits per heavy atom. The second-order valence-corrected chi connectivity index (χ2v) is 6.25. The number of nitrogens with zero attached hydrogens (tertiary/aromatic N) is 3. The van der Waals surface area contributed by atoms with Crippen molar-refractivity contribution in [3.05, 3.63) is 54.7 Å². The van der Waals surface area contributed by atoms with Crippen LogP contribution in [0.1, 0.15) is 0 Å². The van der Waals surface area contributed by atoms with Gasteiger partial charge in [-0.1, -0.05) is 30.3 Å². The summed E-state index contributed by atoms with van der Waals surface area (Å²) < 4.78 is 23.6. The topological polar surface area (TPSA) is 118 Å². The van der Waals surface area contributed by atoms with Crippen molar-refractivity contribution in [2.75, 3.05) is 0 Å². The smallest absolute Gasteiger partial charge is 0.238 e. The number of aromatic hydroxyl groups is 1. The summed E-state index contributed by atoms with van der Waals surface area (Å²) in [6.07, 6.45) is 1.55. The summed E-state index contributed by atoms with van der Waals surface area (Å²) in [5, 5.41) is 24.0. The lowest BCUT2D eigenvalue weighted by Crippen LogP contribution is -2.12. The molecule has 0 aliphatic rings. The lowest BCUT2D eigenvalue weighted by molar-refractivity contribution is 0.482. The van der Waals surface area contributed by atoms with Gasteiger partial charge in [0.15, 0.2) is 11.6 Å². The number of azo groups is 1. The molecule has 0 atom stereocenters. The number of primary sulfonamides is 1. The van der Waals surface area contributed by atoms with Gasteiger partial charge in [-0.15, -0.1) is 10.2 Å². The molecule has 1 heterocycles. The molecule has 0 amide bonds. The van der Waals surface area contributed by atoms with Crippen LogP contribution in [0, 0.1) is 0 Å². The van der Waals surface area contributed by atoms with E-state index in [2.05, 4.69) is 15.2 Å². The zero-order chi connectivity index (χ0) is 16.4. The largest absolute Gasteiger partial charge is 0.505 e. The average molecular weight is 328 g/mol. The van der Waals surface area contributed by atoms with Gasteiger partial charge >= 0.3 is 0 Å². The van der Waals surface area contributed by atoms with Gasteiger partial charge in [0.1, 0.15) is 5.69 Å². The Hall–Kier alpha value is -2.84. The van der Waals surface area contributed by atoms with E-state index >= 15 is 0 Å². The lowest BCUT2D eigenvalue weighted by Gasteiger charge is -2.08. The molecule has 116 valence electrons. The second-order valence-electron chi connectivity index (χ2n) is 4.72. The summed E-state index contributed by atoms with van der Waals surface area (Å²) in [5.41, 5.74) is -0.00150. The van der Waals surface area contributed by atoms with Crippen LogP contribution in [-0.2, 0) is 10.0 Å². The molecule has 3 rings (SSSR count). The van der Waals surface area contributed by atoms with Crippen molar-refractivity contribution in [2.24, 2.45) is 15.4 Å². The summed E-state index contributed by atoms with van der Waals surface area (Å²) in [7, 11) is -3.98. The maximum atomic E-state index is 11.8. The maximum absolute atomic E-state index is 11.8. The van der Waals surface area contributed by atoms with E-state index in [4.69, 9.17) is 5.14 Å². The van der Waals surface area contributed by atoms with Crippen LogP contribution < -0.4 is 5.14 Å².